The predicted octanol–water partition coefficient (Wildman–Crippen LogP) is 5.76. The van der Waals surface area contributed by atoms with Gasteiger partial charge >= 0.3 is 0 Å². The van der Waals surface area contributed by atoms with Crippen LogP contribution in [0.1, 0.15) is 105 Å². The van der Waals surface area contributed by atoms with Crippen molar-refractivity contribution in [1.82, 2.24) is 0 Å². The number of hydrogen-bond acceptors (Lipinski definition) is 3. The van der Waals surface area contributed by atoms with Gasteiger partial charge in [-0.25, -0.2) is 0 Å². The first-order valence-electron chi connectivity index (χ1n) is 12.9. The van der Waals surface area contributed by atoms with Crippen LogP contribution in [0, 0.1) is 46.3 Å². The van der Waals surface area contributed by atoms with Gasteiger partial charge in [-0.2, -0.15) is 0 Å². The van der Waals surface area contributed by atoms with E-state index >= 15 is 0 Å². The minimum atomic E-state index is -0.789. The van der Waals surface area contributed by atoms with Gasteiger partial charge in [0.25, 0.3) is 0 Å². The van der Waals surface area contributed by atoms with Crippen LogP contribution in [0.15, 0.2) is 0 Å². The molecule has 0 aromatic rings. The summed E-state index contributed by atoms with van der Waals surface area (Å²) >= 11 is 0. The Kier molecular flexibility index (Phi) is 5.97. The van der Waals surface area contributed by atoms with Crippen molar-refractivity contribution < 1.29 is 15.0 Å². The summed E-state index contributed by atoms with van der Waals surface area (Å²) in [5.74, 6) is 3.57. The third kappa shape index (κ3) is 3.60. The number of carbonyl (C=O) groups is 1. The molecule has 0 amide bonds. The van der Waals surface area contributed by atoms with Crippen LogP contribution in [0.25, 0.3) is 0 Å². The van der Waals surface area contributed by atoms with Gasteiger partial charge in [-0.3, -0.25) is 4.79 Å². The fourth-order valence-electron chi connectivity index (χ4n) is 9.21. The van der Waals surface area contributed by atoms with Crippen LogP contribution in [-0.4, -0.2) is 27.7 Å². The Morgan fingerprint density at radius 3 is 2.53 bits per heavy atom. The lowest BCUT2D eigenvalue weighted by atomic mass is 9.44. The van der Waals surface area contributed by atoms with Crippen molar-refractivity contribution >= 4 is 5.78 Å². The first-order chi connectivity index (χ1) is 14.0. The van der Waals surface area contributed by atoms with Crippen molar-refractivity contribution in [3.05, 3.63) is 0 Å². The lowest BCUT2D eigenvalue weighted by Crippen LogP contribution is -2.55. The molecular formula is C27H46O3. The topological polar surface area (TPSA) is 57.5 Å². The number of fused-ring (bicyclic) bond motifs is 5. The molecule has 4 aliphatic rings. The van der Waals surface area contributed by atoms with Crippen LogP contribution < -0.4 is 0 Å². The molecule has 0 saturated heterocycles. The molecular weight excluding hydrogens is 372 g/mol. The second-order valence-electron chi connectivity index (χ2n) is 12.9. The van der Waals surface area contributed by atoms with Crippen LogP contribution in [0.4, 0.5) is 0 Å². The summed E-state index contributed by atoms with van der Waals surface area (Å²) in [4.78, 5) is 12.1. The Bertz CT molecular complexity index is 654. The van der Waals surface area contributed by atoms with E-state index in [0.717, 1.165) is 51.4 Å². The molecule has 3 nitrogen and oxygen atoms in total. The number of Topliss-reactive ketones (excluding diaryl/α,β-unsaturated/α-hetero) is 1. The average Bonchev–Trinajstić information content (AvgIpc) is 2.92. The van der Waals surface area contributed by atoms with Gasteiger partial charge in [0, 0.05) is 18.8 Å². The second kappa shape index (κ2) is 7.87. The van der Waals surface area contributed by atoms with E-state index in [4.69, 9.17) is 0 Å². The standard InChI is InChI=1S/C27H46O3/c1-17(2)7-6-12-27(5,30)24-23(29)16-22-20-9-8-18-15-19(28)10-13-25(18,3)21(20)11-14-26(22,24)4/h17-18,20-24,29-30H,6-16H2,1-5H3/t18-,20+,21-,22-,23-,24-,25-,26-,27-/m0/s1. The fraction of sp³-hybridized carbons (Fsp3) is 0.963. The molecule has 0 aliphatic heterocycles. The number of ketones is 1. The monoisotopic (exact) mass is 418 g/mol. The summed E-state index contributed by atoms with van der Waals surface area (Å²) < 4.78 is 0. The SMILES string of the molecule is CC(C)CCC[C@](C)(O)[C@H]1[C@@H](O)C[C@H]2[C@@H]3CC[C@H]4CC(=O)CC[C@]4(C)[C@H]3CC[C@@]21C. The van der Waals surface area contributed by atoms with Gasteiger partial charge < -0.3 is 10.2 Å². The summed E-state index contributed by atoms with van der Waals surface area (Å²) in [6, 6.07) is 0. The highest BCUT2D eigenvalue weighted by Gasteiger charge is 2.64. The van der Waals surface area contributed by atoms with Crippen molar-refractivity contribution in [2.75, 3.05) is 0 Å². The molecule has 0 spiro atoms. The molecule has 4 fully saturated rings. The summed E-state index contributed by atoms with van der Waals surface area (Å²) in [6.45, 7) is 11.4. The van der Waals surface area contributed by atoms with Crippen LogP contribution in [0.5, 0.6) is 0 Å². The van der Waals surface area contributed by atoms with E-state index in [1.54, 1.807) is 0 Å². The lowest BCUT2D eigenvalue weighted by Gasteiger charge is -2.60. The largest absolute Gasteiger partial charge is 0.393 e. The van der Waals surface area contributed by atoms with E-state index in [0.29, 0.717) is 40.8 Å². The van der Waals surface area contributed by atoms with Gasteiger partial charge in [-0.15, -0.1) is 0 Å². The number of aliphatic hydroxyl groups is 2. The maximum Gasteiger partial charge on any atom is 0.133 e. The van der Waals surface area contributed by atoms with Crippen LogP contribution in [0.3, 0.4) is 0 Å². The molecule has 0 aromatic carbocycles. The highest BCUT2D eigenvalue weighted by molar-refractivity contribution is 5.79. The lowest BCUT2D eigenvalue weighted by molar-refractivity contribution is -0.151. The number of rotatable bonds is 5. The van der Waals surface area contributed by atoms with E-state index in [-0.39, 0.29) is 17.4 Å². The zero-order valence-electron chi connectivity index (χ0n) is 20.1. The van der Waals surface area contributed by atoms with Crippen molar-refractivity contribution in [1.29, 1.82) is 0 Å². The van der Waals surface area contributed by atoms with Crippen molar-refractivity contribution in [2.24, 2.45) is 46.3 Å². The molecule has 3 heteroatoms. The van der Waals surface area contributed by atoms with Crippen LogP contribution >= 0.6 is 0 Å². The van der Waals surface area contributed by atoms with Gasteiger partial charge in [-0.05, 0) is 92.3 Å². The molecule has 4 aliphatic carbocycles. The molecule has 2 N–H and O–H groups in total. The maximum atomic E-state index is 12.1. The molecule has 0 unspecified atom stereocenters. The molecule has 0 heterocycles. The summed E-state index contributed by atoms with van der Waals surface area (Å²) in [6.07, 6.45) is 10.8. The Morgan fingerprint density at radius 2 is 1.83 bits per heavy atom. The Morgan fingerprint density at radius 1 is 1.10 bits per heavy atom. The molecule has 4 saturated carbocycles. The average molecular weight is 419 g/mol. The molecule has 9 atom stereocenters. The number of carbonyl (C=O) groups excluding carboxylic acids is 1. The quantitative estimate of drug-likeness (QED) is 0.596. The van der Waals surface area contributed by atoms with E-state index in [9.17, 15) is 15.0 Å². The van der Waals surface area contributed by atoms with E-state index in [1.165, 1.54) is 19.3 Å². The number of hydrogen-bond donors (Lipinski definition) is 2. The van der Waals surface area contributed by atoms with Gasteiger partial charge in [-0.1, -0.05) is 40.5 Å². The van der Waals surface area contributed by atoms with E-state index < -0.39 is 5.60 Å². The Balaban J connectivity index is 1.55. The molecule has 172 valence electrons. The third-order valence-corrected chi connectivity index (χ3v) is 10.6. The van der Waals surface area contributed by atoms with Gasteiger partial charge in [0.2, 0.25) is 0 Å². The third-order valence-electron chi connectivity index (χ3n) is 10.6. The maximum absolute atomic E-state index is 12.1. The summed E-state index contributed by atoms with van der Waals surface area (Å²) in [5, 5.41) is 22.8. The van der Waals surface area contributed by atoms with E-state index in [2.05, 4.69) is 27.7 Å². The second-order valence-corrected chi connectivity index (χ2v) is 12.9. The Hall–Kier alpha value is -0.410. The minimum Gasteiger partial charge on any atom is -0.393 e. The van der Waals surface area contributed by atoms with E-state index in [1.807, 2.05) is 6.92 Å². The molecule has 30 heavy (non-hydrogen) atoms. The van der Waals surface area contributed by atoms with Crippen molar-refractivity contribution in [2.45, 2.75) is 117 Å². The first kappa shape index (κ1) is 22.8. The zero-order chi connectivity index (χ0) is 21.9. The first-order valence-corrected chi connectivity index (χ1v) is 12.9. The van der Waals surface area contributed by atoms with Crippen LogP contribution in [-0.2, 0) is 4.79 Å². The van der Waals surface area contributed by atoms with Gasteiger partial charge in [0.1, 0.15) is 5.78 Å². The summed E-state index contributed by atoms with van der Waals surface area (Å²) in [5.41, 5.74) is -0.445. The number of aliphatic hydroxyl groups excluding tert-OH is 1. The predicted molar refractivity (Wildman–Crippen MR) is 121 cm³/mol. The zero-order valence-corrected chi connectivity index (χ0v) is 20.1. The smallest absolute Gasteiger partial charge is 0.133 e. The van der Waals surface area contributed by atoms with Gasteiger partial charge in [0.05, 0.1) is 11.7 Å². The van der Waals surface area contributed by atoms with Gasteiger partial charge in [0.15, 0.2) is 0 Å². The molecule has 0 bridgehead atoms. The fourth-order valence-corrected chi connectivity index (χ4v) is 9.21. The molecule has 0 radical (unpaired) electrons. The highest BCUT2D eigenvalue weighted by Crippen LogP contribution is 2.68. The normalized spacial score (nSPS) is 48.1. The van der Waals surface area contributed by atoms with Crippen molar-refractivity contribution in [3.63, 3.8) is 0 Å². The summed E-state index contributed by atoms with van der Waals surface area (Å²) in [7, 11) is 0. The molecule has 4 rings (SSSR count). The van der Waals surface area contributed by atoms with Crippen LogP contribution in [0.2, 0.25) is 0 Å². The highest BCUT2D eigenvalue weighted by atomic mass is 16.3. The molecule has 0 aromatic heterocycles. The minimum absolute atomic E-state index is 0.0124. The van der Waals surface area contributed by atoms with Crippen molar-refractivity contribution in [3.8, 4) is 0 Å². The Labute approximate surface area is 184 Å².